The van der Waals surface area contributed by atoms with Gasteiger partial charge in [-0.15, -0.1) is 0 Å². The first kappa shape index (κ1) is 14.5. The molecule has 0 heterocycles. The van der Waals surface area contributed by atoms with Crippen LogP contribution >= 0.6 is 0 Å². The van der Waals surface area contributed by atoms with Gasteiger partial charge in [0.2, 0.25) is 0 Å². The lowest BCUT2D eigenvalue weighted by atomic mass is 9.83. The minimum atomic E-state index is 0.666. The van der Waals surface area contributed by atoms with E-state index in [4.69, 9.17) is 5.73 Å². The van der Waals surface area contributed by atoms with Gasteiger partial charge in [0, 0.05) is 12.6 Å². The summed E-state index contributed by atoms with van der Waals surface area (Å²) in [6.45, 7) is 6.26. The molecule has 0 aliphatic heterocycles. The van der Waals surface area contributed by atoms with Gasteiger partial charge >= 0.3 is 0 Å². The average molecular weight is 260 g/mol. The highest BCUT2D eigenvalue weighted by atomic mass is 15.1. The van der Waals surface area contributed by atoms with E-state index in [1.54, 1.807) is 0 Å². The molecule has 2 rings (SSSR count). The molecule has 0 radical (unpaired) electrons. The Hall–Kier alpha value is -0.860. The zero-order valence-electron chi connectivity index (χ0n) is 12.7. The Bertz CT molecular complexity index is 414. The lowest BCUT2D eigenvalue weighted by molar-refractivity contribution is 0.127. The lowest BCUT2D eigenvalue weighted by Gasteiger charge is -2.37. The second-order valence-corrected chi connectivity index (χ2v) is 6.19. The van der Waals surface area contributed by atoms with Crippen molar-refractivity contribution in [2.75, 3.05) is 13.6 Å². The Labute approximate surface area is 118 Å². The molecule has 1 aliphatic rings. The molecule has 1 aromatic carbocycles. The zero-order valence-corrected chi connectivity index (χ0v) is 12.7. The van der Waals surface area contributed by atoms with Gasteiger partial charge in [-0.2, -0.15) is 0 Å². The number of hydrogen-bond donors (Lipinski definition) is 1. The fourth-order valence-electron chi connectivity index (χ4n) is 3.45. The number of aryl methyl sites for hydroxylation is 2. The normalized spacial score (nSPS) is 23.8. The van der Waals surface area contributed by atoms with Gasteiger partial charge in [-0.25, -0.2) is 0 Å². The number of hydrogen-bond acceptors (Lipinski definition) is 2. The summed E-state index contributed by atoms with van der Waals surface area (Å²) >= 11 is 0. The molecule has 1 saturated carbocycles. The fraction of sp³-hybridized carbons (Fsp3) is 0.647. The van der Waals surface area contributed by atoms with Crippen LogP contribution in [0.4, 0.5) is 0 Å². The first-order valence-electron chi connectivity index (χ1n) is 7.58. The van der Waals surface area contributed by atoms with Crippen LogP contribution in [0.25, 0.3) is 0 Å². The Balaban J connectivity index is 2.04. The predicted octanol–water partition coefficient (Wildman–Crippen LogP) is 3.25. The number of rotatable bonds is 4. The summed E-state index contributed by atoms with van der Waals surface area (Å²) in [5.41, 5.74) is 10.2. The minimum Gasteiger partial charge on any atom is -0.330 e. The molecule has 1 aromatic rings. The molecule has 0 spiro atoms. The van der Waals surface area contributed by atoms with Gasteiger partial charge in [0.15, 0.2) is 0 Å². The number of nitrogens with zero attached hydrogens (tertiary/aromatic N) is 1. The van der Waals surface area contributed by atoms with Gasteiger partial charge in [-0.3, -0.25) is 4.90 Å². The summed E-state index contributed by atoms with van der Waals surface area (Å²) in [4.78, 5) is 2.52. The molecule has 106 valence electrons. The summed E-state index contributed by atoms with van der Waals surface area (Å²) < 4.78 is 0. The predicted molar refractivity (Wildman–Crippen MR) is 82.2 cm³/mol. The van der Waals surface area contributed by atoms with E-state index in [9.17, 15) is 0 Å². The SMILES string of the molecule is Cc1ccc(CN(C)C2CCCCC2CN)c(C)c1. The molecule has 1 aliphatic carbocycles. The molecule has 2 nitrogen and oxygen atoms in total. The molecule has 19 heavy (non-hydrogen) atoms. The van der Waals surface area contributed by atoms with Crippen LogP contribution in [0.1, 0.15) is 42.4 Å². The monoisotopic (exact) mass is 260 g/mol. The molecular formula is C17H28N2. The van der Waals surface area contributed by atoms with Crippen LogP contribution in [0.15, 0.2) is 18.2 Å². The van der Waals surface area contributed by atoms with E-state index in [0.29, 0.717) is 12.0 Å². The number of benzene rings is 1. The van der Waals surface area contributed by atoms with Crippen molar-refractivity contribution in [3.63, 3.8) is 0 Å². The quantitative estimate of drug-likeness (QED) is 0.900. The Kier molecular flexibility index (Phi) is 5.00. The van der Waals surface area contributed by atoms with E-state index in [0.717, 1.165) is 13.1 Å². The summed E-state index contributed by atoms with van der Waals surface area (Å²) in [7, 11) is 2.26. The van der Waals surface area contributed by atoms with Crippen molar-refractivity contribution >= 4 is 0 Å². The van der Waals surface area contributed by atoms with Crippen LogP contribution in [0.5, 0.6) is 0 Å². The third-order valence-electron chi connectivity index (χ3n) is 4.66. The molecule has 2 atom stereocenters. The van der Waals surface area contributed by atoms with Crippen LogP contribution < -0.4 is 5.73 Å². The summed E-state index contributed by atoms with van der Waals surface area (Å²) in [5.74, 6) is 0.685. The fourth-order valence-corrected chi connectivity index (χ4v) is 3.45. The van der Waals surface area contributed by atoms with Crippen molar-refractivity contribution in [1.82, 2.24) is 4.90 Å². The van der Waals surface area contributed by atoms with Crippen LogP contribution in [0.2, 0.25) is 0 Å². The molecule has 2 heteroatoms. The van der Waals surface area contributed by atoms with Gasteiger partial charge in [0.25, 0.3) is 0 Å². The maximum Gasteiger partial charge on any atom is 0.0236 e. The van der Waals surface area contributed by atoms with Crippen molar-refractivity contribution in [2.45, 2.75) is 52.1 Å². The molecular weight excluding hydrogens is 232 g/mol. The summed E-state index contributed by atoms with van der Waals surface area (Å²) in [6, 6.07) is 7.45. The second kappa shape index (κ2) is 6.53. The molecule has 2 unspecified atom stereocenters. The topological polar surface area (TPSA) is 29.3 Å². The van der Waals surface area contributed by atoms with Crippen molar-refractivity contribution in [3.05, 3.63) is 34.9 Å². The van der Waals surface area contributed by atoms with Crippen LogP contribution in [0.3, 0.4) is 0 Å². The highest BCUT2D eigenvalue weighted by Gasteiger charge is 2.27. The van der Waals surface area contributed by atoms with Crippen molar-refractivity contribution in [2.24, 2.45) is 11.7 Å². The molecule has 0 saturated heterocycles. The standard InChI is InChI=1S/C17H28N2/c1-13-8-9-16(14(2)10-13)12-19(3)17-7-5-4-6-15(17)11-18/h8-10,15,17H,4-7,11-12,18H2,1-3H3. The molecule has 0 aromatic heterocycles. The van der Waals surface area contributed by atoms with E-state index in [-0.39, 0.29) is 0 Å². The second-order valence-electron chi connectivity index (χ2n) is 6.19. The van der Waals surface area contributed by atoms with Gasteiger partial charge in [-0.05, 0) is 57.3 Å². The minimum absolute atomic E-state index is 0.666. The van der Waals surface area contributed by atoms with Gasteiger partial charge in [-0.1, -0.05) is 36.6 Å². The first-order valence-corrected chi connectivity index (χ1v) is 7.58. The van der Waals surface area contributed by atoms with Gasteiger partial charge < -0.3 is 5.73 Å². The van der Waals surface area contributed by atoms with Crippen LogP contribution in [0, 0.1) is 19.8 Å². The first-order chi connectivity index (χ1) is 9.11. The smallest absolute Gasteiger partial charge is 0.0236 e. The van der Waals surface area contributed by atoms with E-state index in [2.05, 4.69) is 44.0 Å². The van der Waals surface area contributed by atoms with Crippen molar-refractivity contribution in [1.29, 1.82) is 0 Å². The lowest BCUT2D eigenvalue weighted by Crippen LogP contribution is -2.42. The van der Waals surface area contributed by atoms with E-state index in [1.807, 2.05) is 0 Å². The largest absolute Gasteiger partial charge is 0.330 e. The van der Waals surface area contributed by atoms with E-state index >= 15 is 0 Å². The third-order valence-corrected chi connectivity index (χ3v) is 4.66. The molecule has 1 fully saturated rings. The van der Waals surface area contributed by atoms with Gasteiger partial charge in [0.05, 0.1) is 0 Å². The van der Waals surface area contributed by atoms with Crippen molar-refractivity contribution < 1.29 is 0 Å². The summed E-state index contributed by atoms with van der Waals surface area (Å²) in [6.07, 6.45) is 5.33. The van der Waals surface area contributed by atoms with Gasteiger partial charge in [0.1, 0.15) is 0 Å². The average Bonchev–Trinajstić information content (AvgIpc) is 2.41. The highest BCUT2D eigenvalue weighted by Crippen LogP contribution is 2.28. The zero-order chi connectivity index (χ0) is 13.8. The molecule has 0 bridgehead atoms. The van der Waals surface area contributed by atoms with E-state index < -0.39 is 0 Å². The molecule has 2 N–H and O–H groups in total. The maximum atomic E-state index is 5.95. The highest BCUT2D eigenvalue weighted by molar-refractivity contribution is 5.30. The van der Waals surface area contributed by atoms with E-state index in [1.165, 1.54) is 42.4 Å². The Morgan fingerprint density at radius 2 is 1.95 bits per heavy atom. The third kappa shape index (κ3) is 3.58. The number of nitrogens with two attached hydrogens (primary N) is 1. The molecule has 0 amide bonds. The Morgan fingerprint density at radius 1 is 1.21 bits per heavy atom. The van der Waals surface area contributed by atoms with Crippen LogP contribution in [-0.2, 0) is 6.54 Å². The van der Waals surface area contributed by atoms with Crippen LogP contribution in [-0.4, -0.2) is 24.5 Å². The van der Waals surface area contributed by atoms with Crippen molar-refractivity contribution in [3.8, 4) is 0 Å². The summed E-state index contributed by atoms with van der Waals surface area (Å²) in [5, 5.41) is 0. The Morgan fingerprint density at radius 3 is 2.63 bits per heavy atom. The maximum absolute atomic E-state index is 5.95.